The van der Waals surface area contributed by atoms with E-state index >= 15 is 0 Å². The maximum absolute atomic E-state index is 13.5. The van der Waals surface area contributed by atoms with Crippen LogP contribution in [0, 0.1) is 5.82 Å². The second-order valence-electron chi connectivity index (χ2n) is 7.77. The van der Waals surface area contributed by atoms with Crippen LogP contribution in [0.1, 0.15) is 24.2 Å². The van der Waals surface area contributed by atoms with Gasteiger partial charge in [-0.3, -0.25) is 9.88 Å². The average Bonchev–Trinajstić information content (AvgIpc) is 2.84. The van der Waals surface area contributed by atoms with Crippen molar-refractivity contribution in [2.75, 3.05) is 39.4 Å². The Morgan fingerprint density at radius 3 is 2.61 bits per heavy atom. The van der Waals surface area contributed by atoms with Gasteiger partial charge in [-0.1, -0.05) is 36.4 Å². The zero-order valence-corrected chi connectivity index (χ0v) is 21.2. The van der Waals surface area contributed by atoms with Gasteiger partial charge in [0.05, 0.1) is 31.5 Å². The number of nitrogens with one attached hydrogen (secondary N) is 2. The number of rotatable bonds is 7. The smallest absolute Gasteiger partial charge is 0.191 e. The van der Waals surface area contributed by atoms with Crippen LogP contribution in [0.25, 0.3) is 10.8 Å². The fourth-order valence-electron chi connectivity index (χ4n) is 4.03. The Labute approximate surface area is 211 Å². The number of pyridine rings is 1. The van der Waals surface area contributed by atoms with E-state index < -0.39 is 0 Å². The number of aliphatic imine (C=N–C) groups is 1. The molecule has 0 saturated carbocycles. The van der Waals surface area contributed by atoms with Gasteiger partial charge in [-0.2, -0.15) is 0 Å². The summed E-state index contributed by atoms with van der Waals surface area (Å²) in [4.78, 5) is 11.7. The van der Waals surface area contributed by atoms with Gasteiger partial charge in [-0.15, -0.1) is 24.0 Å². The van der Waals surface area contributed by atoms with Crippen molar-refractivity contribution in [1.82, 2.24) is 20.5 Å². The summed E-state index contributed by atoms with van der Waals surface area (Å²) in [6.45, 7) is 7.04. The number of benzene rings is 2. The second-order valence-corrected chi connectivity index (χ2v) is 7.77. The van der Waals surface area contributed by atoms with Gasteiger partial charge in [-0.25, -0.2) is 9.38 Å². The van der Waals surface area contributed by atoms with Gasteiger partial charge < -0.3 is 15.4 Å². The van der Waals surface area contributed by atoms with E-state index in [0.717, 1.165) is 47.6 Å². The van der Waals surface area contributed by atoms with Gasteiger partial charge in [0.25, 0.3) is 0 Å². The molecule has 1 aliphatic heterocycles. The molecule has 1 aliphatic rings. The first-order chi connectivity index (χ1) is 15.7. The Morgan fingerprint density at radius 2 is 1.85 bits per heavy atom. The summed E-state index contributed by atoms with van der Waals surface area (Å²) in [7, 11) is 0. The van der Waals surface area contributed by atoms with Crippen LogP contribution in [0.5, 0.6) is 0 Å². The minimum Gasteiger partial charge on any atom is -0.379 e. The summed E-state index contributed by atoms with van der Waals surface area (Å²) in [5, 5.41) is 9.09. The minimum absolute atomic E-state index is 0. The average molecular weight is 563 g/mol. The predicted molar refractivity (Wildman–Crippen MR) is 142 cm³/mol. The molecule has 1 fully saturated rings. The Balaban J connectivity index is 0.00000306. The molecule has 176 valence electrons. The van der Waals surface area contributed by atoms with Crippen LogP contribution in [-0.4, -0.2) is 55.2 Å². The Bertz CT molecular complexity index is 1040. The molecular formula is C25H31FIN5O. The highest BCUT2D eigenvalue weighted by atomic mass is 127. The van der Waals surface area contributed by atoms with E-state index in [9.17, 15) is 4.39 Å². The molecule has 1 unspecified atom stereocenters. The van der Waals surface area contributed by atoms with Crippen LogP contribution in [0.15, 0.2) is 65.8 Å². The Hall–Kier alpha value is -2.30. The molecule has 3 aromatic rings. The third-order valence-corrected chi connectivity index (χ3v) is 5.69. The number of hydrogen-bond acceptors (Lipinski definition) is 4. The summed E-state index contributed by atoms with van der Waals surface area (Å²) < 4.78 is 19.0. The molecule has 2 N–H and O–H groups in total. The lowest BCUT2D eigenvalue weighted by Crippen LogP contribution is -2.46. The van der Waals surface area contributed by atoms with Gasteiger partial charge in [-0.05, 0) is 36.1 Å². The number of ether oxygens (including phenoxy) is 1. The fraction of sp³-hybridized carbons (Fsp3) is 0.360. The Morgan fingerprint density at radius 1 is 1.09 bits per heavy atom. The van der Waals surface area contributed by atoms with Crippen LogP contribution in [-0.2, 0) is 11.3 Å². The fourth-order valence-corrected chi connectivity index (χ4v) is 4.03. The standard InChI is InChI=1S/C25H30FN5O.HI/c1-2-27-25(29-17-23-22-6-4-3-5-19(22)11-12-28-23)30-18-24(31-13-15-32-16-14-31)20-7-9-21(26)10-8-20;/h3-12,24H,2,13-18H2,1H3,(H2,27,29,30);1H. The van der Waals surface area contributed by atoms with Gasteiger partial charge in [0.1, 0.15) is 5.82 Å². The molecule has 33 heavy (non-hydrogen) atoms. The molecule has 4 rings (SSSR count). The predicted octanol–water partition coefficient (Wildman–Crippen LogP) is 4.12. The van der Waals surface area contributed by atoms with Gasteiger partial charge in [0.15, 0.2) is 5.96 Å². The largest absolute Gasteiger partial charge is 0.379 e. The van der Waals surface area contributed by atoms with Crippen LogP contribution < -0.4 is 10.6 Å². The van der Waals surface area contributed by atoms with E-state index in [-0.39, 0.29) is 35.8 Å². The zero-order chi connectivity index (χ0) is 22.2. The zero-order valence-electron chi connectivity index (χ0n) is 18.8. The van der Waals surface area contributed by atoms with Crippen molar-refractivity contribution in [1.29, 1.82) is 0 Å². The summed E-state index contributed by atoms with van der Waals surface area (Å²) >= 11 is 0. The molecule has 0 amide bonds. The summed E-state index contributed by atoms with van der Waals surface area (Å²) in [6.07, 6.45) is 1.83. The minimum atomic E-state index is -0.222. The van der Waals surface area contributed by atoms with E-state index in [4.69, 9.17) is 9.73 Å². The molecule has 0 spiro atoms. The van der Waals surface area contributed by atoms with Crippen LogP contribution in [0.3, 0.4) is 0 Å². The lowest BCUT2D eigenvalue weighted by atomic mass is 10.0. The first-order valence-electron chi connectivity index (χ1n) is 11.2. The van der Waals surface area contributed by atoms with E-state index in [1.807, 2.05) is 43.5 Å². The van der Waals surface area contributed by atoms with Crippen molar-refractivity contribution in [3.63, 3.8) is 0 Å². The molecule has 8 heteroatoms. The number of nitrogens with zero attached hydrogens (tertiary/aromatic N) is 3. The quantitative estimate of drug-likeness (QED) is 0.258. The van der Waals surface area contributed by atoms with Gasteiger partial charge >= 0.3 is 0 Å². The summed E-state index contributed by atoms with van der Waals surface area (Å²) in [5.74, 6) is 0.516. The van der Waals surface area contributed by atoms with Crippen LogP contribution in [0.4, 0.5) is 4.39 Å². The number of fused-ring (bicyclic) bond motifs is 1. The van der Waals surface area contributed by atoms with Crippen molar-refractivity contribution < 1.29 is 9.13 Å². The van der Waals surface area contributed by atoms with Crippen LogP contribution in [0.2, 0.25) is 0 Å². The highest BCUT2D eigenvalue weighted by molar-refractivity contribution is 14.0. The monoisotopic (exact) mass is 563 g/mol. The molecule has 0 radical (unpaired) electrons. The lowest BCUT2D eigenvalue weighted by molar-refractivity contribution is 0.0170. The summed E-state index contributed by atoms with van der Waals surface area (Å²) in [6, 6.07) is 17.1. The number of hydrogen-bond donors (Lipinski definition) is 2. The molecule has 6 nitrogen and oxygen atoms in total. The number of guanidine groups is 1. The first-order valence-corrected chi connectivity index (χ1v) is 11.2. The molecule has 1 atom stereocenters. The van der Waals surface area contributed by atoms with Crippen molar-refractivity contribution in [3.8, 4) is 0 Å². The van der Waals surface area contributed by atoms with Crippen molar-refractivity contribution in [2.24, 2.45) is 4.99 Å². The third kappa shape index (κ3) is 6.84. The first kappa shape index (κ1) is 25.3. The molecule has 0 aliphatic carbocycles. The van der Waals surface area contributed by atoms with Crippen LogP contribution >= 0.6 is 24.0 Å². The maximum atomic E-state index is 13.5. The van der Waals surface area contributed by atoms with Gasteiger partial charge in [0, 0.05) is 37.8 Å². The molecule has 1 saturated heterocycles. The van der Waals surface area contributed by atoms with Gasteiger partial charge in [0.2, 0.25) is 0 Å². The van der Waals surface area contributed by atoms with Crippen molar-refractivity contribution >= 4 is 40.7 Å². The summed E-state index contributed by atoms with van der Waals surface area (Å²) in [5.41, 5.74) is 2.02. The van der Waals surface area contributed by atoms with E-state index in [1.54, 1.807) is 0 Å². The molecule has 2 heterocycles. The highest BCUT2D eigenvalue weighted by Crippen LogP contribution is 2.22. The maximum Gasteiger partial charge on any atom is 0.191 e. The second kappa shape index (κ2) is 12.8. The lowest BCUT2D eigenvalue weighted by Gasteiger charge is -2.35. The van der Waals surface area contributed by atoms with E-state index in [2.05, 4.69) is 32.7 Å². The molecular weight excluding hydrogens is 532 g/mol. The third-order valence-electron chi connectivity index (χ3n) is 5.69. The molecule has 2 aromatic carbocycles. The normalized spacial score (nSPS) is 15.6. The molecule has 1 aromatic heterocycles. The number of morpholine rings is 1. The number of halogens is 2. The topological polar surface area (TPSA) is 61.8 Å². The Kier molecular flexibility index (Phi) is 9.83. The van der Waals surface area contributed by atoms with Crippen molar-refractivity contribution in [2.45, 2.75) is 19.5 Å². The highest BCUT2D eigenvalue weighted by Gasteiger charge is 2.23. The van der Waals surface area contributed by atoms with Crippen molar-refractivity contribution in [3.05, 3.63) is 77.9 Å². The molecule has 0 bridgehead atoms. The van der Waals surface area contributed by atoms with E-state index in [0.29, 0.717) is 26.3 Å². The number of aromatic nitrogens is 1. The van der Waals surface area contributed by atoms with E-state index in [1.165, 1.54) is 12.1 Å². The SMILES string of the molecule is CCNC(=NCc1nccc2ccccc12)NCC(c1ccc(F)cc1)N1CCOCC1.I.